The third kappa shape index (κ3) is 4.58. The number of esters is 2. The van der Waals surface area contributed by atoms with Gasteiger partial charge in [0.2, 0.25) is 0 Å². The molecule has 0 saturated carbocycles. The standard InChI is InChI=1S/C19H20N2O4S/c1-4-12-7-5-6-8-15(12)20-19(26)21-16-11-13(17(22)24-2)9-10-14(16)18(23)25-3/h5-11H,4H2,1-3H3,(H2,20,21,26). The molecule has 0 aliphatic heterocycles. The molecule has 26 heavy (non-hydrogen) atoms. The van der Waals surface area contributed by atoms with E-state index in [1.165, 1.54) is 32.4 Å². The fourth-order valence-electron chi connectivity index (χ4n) is 2.41. The van der Waals surface area contributed by atoms with Crippen LogP contribution in [0.5, 0.6) is 0 Å². The van der Waals surface area contributed by atoms with E-state index in [4.69, 9.17) is 21.7 Å². The molecule has 6 nitrogen and oxygen atoms in total. The van der Waals surface area contributed by atoms with Crippen molar-refractivity contribution in [3.63, 3.8) is 0 Å². The monoisotopic (exact) mass is 372 g/mol. The Bertz CT molecular complexity index is 836. The Kier molecular flexibility index (Phi) is 6.68. The number of thiocarbonyl (C=S) groups is 1. The molecule has 2 N–H and O–H groups in total. The van der Waals surface area contributed by atoms with Crippen LogP contribution in [0.3, 0.4) is 0 Å². The molecule has 0 heterocycles. The molecular weight excluding hydrogens is 352 g/mol. The van der Waals surface area contributed by atoms with Crippen LogP contribution in [-0.4, -0.2) is 31.3 Å². The Labute approximate surface area is 157 Å². The van der Waals surface area contributed by atoms with Crippen molar-refractivity contribution in [2.45, 2.75) is 13.3 Å². The summed E-state index contributed by atoms with van der Waals surface area (Å²) >= 11 is 5.35. The van der Waals surface area contributed by atoms with E-state index in [2.05, 4.69) is 10.6 Å². The normalized spacial score (nSPS) is 9.96. The number of para-hydroxylation sites is 1. The molecule has 0 radical (unpaired) electrons. The molecule has 0 aliphatic carbocycles. The molecule has 0 atom stereocenters. The fraction of sp³-hybridized carbons (Fsp3) is 0.211. The number of ether oxygens (including phenoxy) is 2. The minimum atomic E-state index is -0.541. The summed E-state index contributed by atoms with van der Waals surface area (Å²) in [5.74, 6) is -1.06. The number of anilines is 2. The van der Waals surface area contributed by atoms with E-state index in [1.54, 1.807) is 0 Å². The number of aryl methyl sites for hydroxylation is 1. The Hall–Kier alpha value is -2.93. The molecule has 2 rings (SSSR count). The number of carbonyl (C=O) groups is 2. The van der Waals surface area contributed by atoms with Gasteiger partial charge in [-0.1, -0.05) is 25.1 Å². The molecular formula is C19H20N2O4S. The quantitative estimate of drug-likeness (QED) is 0.613. The van der Waals surface area contributed by atoms with Crippen LogP contribution in [0.25, 0.3) is 0 Å². The lowest BCUT2D eigenvalue weighted by Crippen LogP contribution is -2.22. The minimum Gasteiger partial charge on any atom is -0.465 e. The summed E-state index contributed by atoms with van der Waals surface area (Å²) in [6, 6.07) is 12.3. The maximum absolute atomic E-state index is 12.0. The summed E-state index contributed by atoms with van der Waals surface area (Å²) in [5.41, 5.74) is 2.88. The van der Waals surface area contributed by atoms with Gasteiger partial charge in [0.1, 0.15) is 0 Å². The van der Waals surface area contributed by atoms with Crippen molar-refractivity contribution >= 4 is 40.6 Å². The van der Waals surface area contributed by atoms with Crippen molar-refractivity contribution in [2.75, 3.05) is 24.9 Å². The van der Waals surface area contributed by atoms with Crippen LogP contribution in [-0.2, 0) is 15.9 Å². The minimum absolute atomic E-state index is 0.257. The van der Waals surface area contributed by atoms with Crippen LogP contribution in [0.4, 0.5) is 11.4 Å². The van der Waals surface area contributed by atoms with Crippen LogP contribution in [0.15, 0.2) is 42.5 Å². The van der Waals surface area contributed by atoms with Gasteiger partial charge in [0.15, 0.2) is 5.11 Å². The lowest BCUT2D eigenvalue weighted by atomic mass is 10.1. The SMILES string of the molecule is CCc1ccccc1NC(=S)Nc1cc(C(=O)OC)ccc1C(=O)OC. The van der Waals surface area contributed by atoms with E-state index >= 15 is 0 Å². The second kappa shape index (κ2) is 8.96. The summed E-state index contributed by atoms with van der Waals surface area (Å²) in [4.78, 5) is 23.7. The second-order valence-corrected chi connectivity index (χ2v) is 5.74. The number of benzene rings is 2. The largest absolute Gasteiger partial charge is 0.465 e. The Balaban J connectivity index is 2.29. The fourth-order valence-corrected chi connectivity index (χ4v) is 2.63. The predicted octanol–water partition coefficient (Wildman–Crippen LogP) is 3.63. The Morgan fingerprint density at radius 2 is 1.62 bits per heavy atom. The van der Waals surface area contributed by atoms with E-state index in [9.17, 15) is 9.59 Å². The molecule has 0 unspecified atom stereocenters. The third-order valence-corrected chi connectivity index (χ3v) is 3.94. The summed E-state index contributed by atoms with van der Waals surface area (Å²) in [6.45, 7) is 2.05. The summed E-state index contributed by atoms with van der Waals surface area (Å²) in [7, 11) is 2.58. The van der Waals surface area contributed by atoms with Crippen LogP contribution in [0, 0.1) is 0 Å². The number of hydrogen-bond donors (Lipinski definition) is 2. The van der Waals surface area contributed by atoms with Crippen LogP contribution < -0.4 is 10.6 Å². The van der Waals surface area contributed by atoms with Crippen molar-refractivity contribution in [1.29, 1.82) is 0 Å². The Morgan fingerprint density at radius 3 is 2.27 bits per heavy atom. The van der Waals surface area contributed by atoms with Crippen molar-refractivity contribution in [3.05, 3.63) is 59.2 Å². The lowest BCUT2D eigenvalue weighted by molar-refractivity contribution is 0.0587. The first-order valence-corrected chi connectivity index (χ1v) is 8.37. The molecule has 136 valence electrons. The van der Waals surface area contributed by atoms with E-state index < -0.39 is 11.9 Å². The first kappa shape index (κ1) is 19.4. The number of carbonyl (C=O) groups excluding carboxylic acids is 2. The van der Waals surface area contributed by atoms with E-state index in [0.717, 1.165) is 17.7 Å². The third-order valence-electron chi connectivity index (χ3n) is 3.74. The average molecular weight is 372 g/mol. The number of rotatable bonds is 5. The molecule has 0 bridgehead atoms. The second-order valence-electron chi connectivity index (χ2n) is 5.33. The molecule has 0 aliphatic rings. The summed E-state index contributed by atoms with van der Waals surface area (Å²) < 4.78 is 9.50. The zero-order chi connectivity index (χ0) is 19.1. The van der Waals surface area contributed by atoms with Crippen molar-refractivity contribution in [3.8, 4) is 0 Å². The molecule has 0 fully saturated rings. The maximum Gasteiger partial charge on any atom is 0.339 e. The highest BCUT2D eigenvalue weighted by Gasteiger charge is 2.16. The summed E-state index contributed by atoms with van der Waals surface area (Å²) in [6.07, 6.45) is 0.844. The topological polar surface area (TPSA) is 76.7 Å². The van der Waals surface area contributed by atoms with E-state index in [-0.39, 0.29) is 10.7 Å². The Morgan fingerprint density at radius 1 is 0.962 bits per heavy atom. The molecule has 0 amide bonds. The number of hydrogen-bond acceptors (Lipinski definition) is 5. The highest BCUT2D eigenvalue weighted by Crippen LogP contribution is 2.21. The molecule has 2 aromatic carbocycles. The molecule has 0 aromatic heterocycles. The van der Waals surface area contributed by atoms with Gasteiger partial charge in [-0.3, -0.25) is 0 Å². The van der Waals surface area contributed by atoms with Gasteiger partial charge >= 0.3 is 11.9 Å². The maximum atomic E-state index is 12.0. The molecule has 7 heteroatoms. The molecule has 0 saturated heterocycles. The van der Waals surface area contributed by atoms with Gasteiger partial charge in [0.05, 0.1) is 31.0 Å². The van der Waals surface area contributed by atoms with Gasteiger partial charge in [-0.2, -0.15) is 0 Å². The van der Waals surface area contributed by atoms with Gasteiger partial charge in [-0.05, 0) is 48.5 Å². The molecule has 2 aromatic rings. The van der Waals surface area contributed by atoms with Gasteiger partial charge in [0.25, 0.3) is 0 Å². The van der Waals surface area contributed by atoms with E-state index in [1.807, 2.05) is 31.2 Å². The van der Waals surface area contributed by atoms with Crippen LogP contribution in [0.2, 0.25) is 0 Å². The smallest absolute Gasteiger partial charge is 0.339 e. The van der Waals surface area contributed by atoms with Crippen molar-refractivity contribution in [2.24, 2.45) is 0 Å². The van der Waals surface area contributed by atoms with Crippen LogP contribution >= 0.6 is 12.2 Å². The van der Waals surface area contributed by atoms with Gasteiger partial charge < -0.3 is 20.1 Å². The van der Waals surface area contributed by atoms with Crippen molar-refractivity contribution < 1.29 is 19.1 Å². The van der Waals surface area contributed by atoms with Gasteiger partial charge in [0, 0.05) is 5.69 Å². The van der Waals surface area contributed by atoms with Gasteiger partial charge in [-0.25, -0.2) is 9.59 Å². The van der Waals surface area contributed by atoms with Crippen LogP contribution in [0.1, 0.15) is 33.2 Å². The highest BCUT2D eigenvalue weighted by atomic mass is 32.1. The number of methoxy groups -OCH3 is 2. The number of nitrogens with one attached hydrogen (secondary N) is 2. The van der Waals surface area contributed by atoms with Gasteiger partial charge in [-0.15, -0.1) is 0 Å². The lowest BCUT2D eigenvalue weighted by Gasteiger charge is -2.16. The molecule has 0 spiro atoms. The first-order chi connectivity index (χ1) is 12.5. The van der Waals surface area contributed by atoms with Crippen molar-refractivity contribution in [1.82, 2.24) is 0 Å². The first-order valence-electron chi connectivity index (χ1n) is 7.96. The van der Waals surface area contributed by atoms with E-state index in [0.29, 0.717) is 11.3 Å². The zero-order valence-corrected chi connectivity index (χ0v) is 15.6. The summed E-state index contributed by atoms with van der Waals surface area (Å²) in [5, 5.41) is 6.36. The predicted molar refractivity (Wildman–Crippen MR) is 105 cm³/mol. The average Bonchev–Trinajstić information content (AvgIpc) is 2.67. The zero-order valence-electron chi connectivity index (χ0n) is 14.8. The highest BCUT2D eigenvalue weighted by molar-refractivity contribution is 7.80.